The Kier molecular flexibility index (Phi) is 15.0. The van der Waals surface area contributed by atoms with Crippen molar-refractivity contribution in [2.75, 3.05) is 7.11 Å². The van der Waals surface area contributed by atoms with E-state index in [1.54, 1.807) is 11.1 Å². The van der Waals surface area contributed by atoms with Crippen molar-refractivity contribution >= 4 is 17.7 Å². The fourth-order valence-corrected chi connectivity index (χ4v) is 8.38. The van der Waals surface area contributed by atoms with Crippen molar-refractivity contribution in [3.8, 4) is 16.9 Å². The van der Waals surface area contributed by atoms with Gasteiger partial charge in [-0.05, 0) is 88.7 Å². The molecule has 7 rings (SSSR count). The zero-order chi connectivity index (χ0) is 39.2. The van der Waals surface area contributed by atoms with E-state index < -0.39 is 0 Å². The SMILES string of the molecule is CC1=[C-]C2=CC3=C(CCC3)C(c3cc(C)cc(C)c3)C2=C1.COc1c(C(C)(C)C)cc2[cH-]c(C)cc2c1-c1cc(C(C)(C)C)cc(C(C)(C)C)c1.[CH3-].[CH3-].[Si]=[Zr]. The van der Waals surface area contributed by atoms with Crippen molar-refractivity contribution < 1.29 is 28.1 Å². The van der Waals surface area contributed by atoms with Crippen LogP contribution in [0.3, 0.4) is 0 Å². The van der Waals surface area contributed by atoms with Gasteiger partial charge in [-0.2, -0.15) is 23.3 Å². The Morgan fingerprint density at radius 3 is 1.84 bits per heavy atom. The predicted octanol–water partition coefficient (Wildman–Crippen LogP) is 14.4. The van der Waals surface area contributed by atoms with Crippen LogP contribution < -0.4 is 4.74 Å². The Hall–Kier alpha value is -2.87. The minimum atomic E-state index is -0.00600. The van der Waals surface area contributed by atoms with Crippen LogP contribution in [0.15, 0.2) is 94.6 Å². The molecule has 1 atom stereocenters. The second kappa shape index (κ2) is 17.7. The van der Waals surface area contributed by atoms with Crippen LogP contribution in [0.1, 0.15) is 133 Å². The number of rotatable bonds is 3. The topological polar surface area (TPSA) is 9.23 Å². The molecule has 4 aromatic rings. The molecule has 0 bridgehead atoms. The van der Waals surface area contributed by atoms with Crippen LogP contribution in [-0.2, 0) is 39.6 Å². The molecule has 4 aromatic carbocycles. The number of hydrogen-bond acceptors (Lipinski definition) is 1. The van der Waals surface area contributed by atoms with Gasteiger partial charge in [0, 0.05) is 0 Å². The number of aryl methyl sites for hydroxylation is 3. The molecule has 3 aliphatic carbocycles. The number of benzene rings is 3. The van der Waals surface area contributed by atoms with Gasteiger partial charge in [-0.3, -0.25) is 0 Å². The third-order valence-electron chi connectivity index (χ3n) is 10.9. The van der Waals surface area contributed by atoms with Gasteiger partial charge in [0.05, 0.1) is 7.11 Å². The Bertz CT molecular complexity index is 2110. The molecule has 0 N–H and O–H groups in total. The first-order chi connectivity index (χ1) is 24.7. The van der Waals surface area contributed by atoms with Gasteiger partial charge in [0.1, 0.15) is 5.75 Å². The van der Waals surface area contributed by atoms with E-state index >= 15 is 0 Å². The van der Waals surface area contributed by atoms with Crippen LogP contribution in [0, 0.1) is 41.7 Å². The number of ether oxygens (including phenoxy) is 1. The van der Waals surface area contributed by atoms with Crippen molar-refractivity contribution in [1.29, 1.82) is 0 Å². The summed E-state index contributed by atoms with van der Waals surface area (Å²) in [4.78, 5) is 0. The number of fused-ring (bicyclic) bond motifs is 2. The van der Waals surface area contributed by atoms with E-state index in [0.29, 0.717) is 5.92 Å². The summed E-state index contributed by atoms with van der Waals surface area (Å²) in [6, 6.07) is 21.1. The van der Waals surface area contributed by atoms with Crippen LogP contribution in [0.25, 0.3) is 21.9 Å². The summed E-state index contributed by atoms with van der Waals surface area (Å²) in [5.41, 5.74) is 19.4. The minimum absolute atomic E-state index is 0. The number of hydrogen-bond donors (Lipinski definition) is 0. The van der Waals surface area contributed by atoms with Crippen molar-refractivity contribution in [3.63, 3.8) is 0 Å². The van der Waals surface area contributed by atoms with Crippen LogP contribution in [0.2, 0.25) is 0 Å². The van der Waals surface area contributed by atoms with E-state index in [1.165, 1.54) is 120 Å². The van der Waals surface area contributed by atoms with Gasteiger partial charge in [-0.1, -0.05) is 135 Å². The molecule has 1 nitrogen and oxygen atoms in total. The average molecular weight is 826 g/mol. The molecule has 0 aromatic heterocycles. The van der Waals surface area contributed by atoms with Crippen molar-refractivity contribution in [2.45, 2.75) is 131 Å². The zero-order valence-electron chi connectivity index (χ0n) is 37.0. The molecule has 1 unspecified atom stereocenters. The first kappa shape index (κ1) is 46.5. The van der Waals surface area contributed by atoms with E-state index in [-0.39, 0.29) is 31.1 Å². The van der Waals surface area contributed by atoms with Crippen LogP contribution in [0.5, 0.6) is 5.75 Å². The maximum atomic E-state index is 6.13. The average Bonchev–Trinajstić information content (AvgIpc) is 3.78. The predicted molar refractivity (Wildman–Crippen MR) is 239 cm³/mol. The van der Waals surface area contributed by atoms with E-state index in [0.717, 1.165) is 5.75 Å². The zero-order valence-corrected chi connectivity index (χ0v) is 40.4. The maximum absolute atomic E-state index is 6.13. The van der Waals surface area contributed by atoms with Crippen LogP contribution in [-0.4, -0.2) is 14.0 Å². The van der Waals surface area contributed by atoms with E-state index in [4.69, 9.17) is 4.74 Å². The molecule has 3 heteroatoms. The molecule has 0 spiro atoms. The van der Waals surface area contributed by atoms with E-state index in [9.17, 15) is 0 Å². The third kappa shape index (κ3) is 9.99. The molecule has 0 heterocycles. The third-order valence-corrected chi connectivity index (χ3v) is 10.9. The fraction of sp³-hybridized carbons (Fsp3) is 0.404. The summed E-state index contributed by atoms with van der Waals surface area (Å²) in [5, 5.41) is 2.58. The molecule has 2 radical (unpaired) electrons. The van der Waals surface area contributed by atoms with E-state index in [1.807, 2.05) is 7.11 Å². The van der Waals surface area contributed by atoms with Gasteiger partial charge in [-0.15, -0.1) is 46.2 Å². The Morgan fingerprint density at radius 1 is 0.727 bits per heavy atom. The van der Waals surface area contributed by atoms with E-state index in [2.05, 4.69) is 170 Å². The molecule has 3 aliphatic rings. The molecule has 0 fully saturated rings. The molecule has 0 saturated carbocycles. The van der Waals surface area contributed by atoms with Gasteiger partial charge in [0.2, 0.25) is 0 Å². The van der Waals surface area contributed by atoms with Gasteiger partial charge in [-0.25, -0.2) is 0 Å². The van der Waals surface area contributed by atoms with Crippen molar-refractivity contribution in [3.05, 3.63) is 154 Å². The van der Waals surface area contributed by atoms with Gasteiger partial charge >= 0.3 is 30.2 Å². The normalized spacial score (nSPS) is 16.2. The molecule has 0 amide bonds. The second-order valence-corrected chi connectivity index (χ2v) is 18.6. The van der Waals surface area contributed by atoms with Gasteiger partial charge in [0.25, 0.3) is 0 Å². The standard InChI is InChI=1S/C29H39O.C21H21.2CH3.Si.Zr/c1-18-12-19-16-24(29(8,9)10)26(30-11)25(23(19)13-18)20-14-21(27(2,3)4)17-22(15-20)28(5,6)7;1-13-7-14(2)10-18(9-13)21-19-6-4-5-16(19)12-17-8-15(3)11-20(17)21;;;;/h12-17H,1-11H3;7,9-12,21H,4-6H2,1-3H3;2*1H3;;/q4*-1;;. The monoisotopic (exact) mass is 824 g/mol. The summed E-state index contributed by atoms with van der Waals surface area (Å²) in [5.74, 6) is 1.47. The molecular weight excluding hydrogens is 760 g/mol. The summed E-state index contributed by atoms with van der Waals surface area (Å²) < 4.78 is 6.13. The summed E-state index contributed by atoms with van der Waals surface area (Å²) in [6.07, 6.45) is 12.1. The number of methoxy groups -OCH3 is 1. The first-order valence-corrected chi connectivity index (χ1v) is 23.5. The summed E-state index contributed by atoms with van der Waals surface area (Å²) in [6.45, 7) is 32.4. The Labute approximate surface area is 353 Å². The van der Waals surface area contributed by atoms with Crippen molar-refractivity contribution in [1.82, 2.24) is 0 Å². The Morgan fingerprint density at radius 2 is 1.31 bits per heavy atom. The fourth-order valence-electron chi connectivity index (χ4n) is 8.38. The molecule has 0 aliphatic heterocycles. The van der Waals surface area contributed by atoms with Gasteiger partial charge < -0.3 is 19.6 Å². The quantitative estimate of drug-likeness (QED) is 0.148. The molecular formula is C52H66OSiZr-4. The van der Waals surface area contributed by atoms with Crippen LogP contribution in [0.4, 0.5) is 0 Å². The first-order valence-electron chi connectivity index (χ1n) is 19.3. The van der Waals surface area contributed by atoms with Crippen LogP contribution >= 0.6 is 0 Å². The Balaban J connectivity index is 0.000000286. The summed E-state index contributed by atoms with van der Waals surface area (Å²) in [7, 11) is 1.81. The molecule has 55 heavy (non-hydrogen) atoms. The summed E-state index contributed by atoms with van der Waals surface area (Å²) >= 11 is 1.36. The van der Waals surface area contributed by atoms with Crippen molar-refractivity contribution in [2.24, 2.45) is 0 Å². The second-order valence-electron chi connectivity index (χ2n) is 18.6. The van der Waals surface area contributed by atoms with Gasteiger partial charge in [0.15, 0.2) is 0 Å². The molecule has 292 valence electrons. The number of allylic oxidation sites excluding steroid dienone is 8. The molecule has 0 saturated heterocycles.